The zero-order chi connectivity index (χ0) is 19.2. The lowest BCUT2D eigenvalue weighted by atomic mass is 9.79. The van der Waals surface area contributed by atoms with Crippen molar-refractivity contribution in [2.75, 3.05) is 33.4 Å². The molecule has 1 heterocycles. The van der Waals surface area contributed by atoms with Gasteiger partial charge < -0.3 is 15.4 Å². The summed E-state index contributed by atoms with van der Waals surface area (Å²) in [5.41, 5.74) is -0.000267. The molecule has 4 nitrogen and oxygen atoms in total. The molecule has 1 aliphatic rings. The number of methoxy groups -OCH3 is 1. The largest absolute Gasteiger partial charge is 0.416 e. The number of hydrogen-bond donors (Lipinski definition) is 2. The lowest BCUT2D eigenvalue weighted by Gasteiger charge is -2.37. The van der Waals surface area contributed by atoms with Crippen LogP contribution in [0.4, 0.5) is 13.2 Å². The summed E-state index contributed by atoms with van der Waals surface area (Å²) in [6, 6.07) is 5.01. The minimum Gasteiger partial charge on any atom is -0.384 e. The van der Waals surface area contributed by atoms with Crippen LogP contribution < -0.4 is 10.6 Å². The quantitative estimate of drug-likeness (QED) is 0.722. The van der Waals surface area contributed by atoms with Crippen LogP contribution in [0.2, 0.25) is 0 Å². The molecule has 1 saturated heterocycles. The van der Waals surface area contributed by atoms with Crippen molar-refractivity contribution >= 4 is 18.3 Å². The van der Waals surface area contributed by atoms with Crippen molar-refractivity contribution in [1.82, 2.24) is 10.6 Å². The number of rotatable bonds is 7. The van der Waals surface area contributed by atoms with E-state index < -0.39 is 11.7 Å². The topological polar surface area (TPSA) is 50.4 Å². The van der Waals surface area contributed by atoms with Crippen LogP contribution in [0.1, 0.15) is 43.2 Å². The van der Waals surface area contributed by atoms with Gasteiger partial charge >= 0.3 is 6.18 Å². The van der Waals surface area contributed by atoms with E-state index in [-0.39, 0.29) is 36.1 Å². The Morgan fingerprint density at radius 3 is 2.37 bits per heavy atom. The Hall–Kier alpha value is -1.31. The maximum Gasteiger partial charge on any atom is 0.416 e. The van der Waals surface area contributed by atoms with Crippen molar-refractivity contribution in [3.05, 3.63) is 35.4 Å². The van der Waals surface area contributed by atoms with Crippen LogP contribution in [-0.4, -0.2) is 39.3 Å². The predicted molar refractivity (Wildman–Crippen MR) is 101 cm³/mol. The van der Waals surface area contributed by atoms with Crippen LogP contribution in [0, 0.1) is 5.41 Å². The van der Waals surface area contributed by atoms with Crippen LogP contribution in [0.15, 0.2) is 24.3 Å². The Bertz CT molecular complexity index is 582. The van der Waals surface area contributed by atoms with Gasteiger partial charge in [0.25, 0.3) is 0 Å². The molecule has 1 aromatic rings. The zero-order valence-electron chi connectivity index (χ0n) is 15.7. The molecule has 0 bridgehead atoms. The number of carbonyl (C=O) groups is 1. The Labute approximate surface area is 164 Å². The summed E-state index contributed by atoms with van der Waals surface area (Å²) in [7, 11) is 1.66. The number of carbonyl (C=O) groups excluding carboxylic acids is 1. The van der Waals surface area contributed by atoms with Gasteiger partial charge in [-0.05, 0) is 49.5 Å². The second-order valence-electron chi connectivity index (χ2n) is 7.18. The molecule has 1 aromatic carbocycles. The van der Waals surface area contributed by atoms with Crippen LogP contribution in [0.25, 0.3) is 0 Å². The van der Waals surface area contributed by atoms with Gasteiger partial charge in [-0.3, -0.25) is 4.79 Å². The summed E-state index contributed by atoms with van der Waals surface area (Å²) in [6.07, 6.45) is -2.22. The molecule has 1 amide bonds. The summed E-state index contributed by atoms with van der Waals surface area (Å²) in [5, 5.41) is 6.29. The summed E-state index contributed by atoms with van der Waals surface area (Å²) in [4.78, 5) is 12.3. The van der Waals surface area contributed by atoms with E-state index >= 15 is 0 Å². The van der Waals surface area contributed by atoms with Gasteiger partial charge in [-0.2, -0.15) is 13.2 Å². The predicted octanol–water partition coefficient (Wildman–Crippen LogP) is 3.75. The minimum absolute atomic E-state index is 0. The third-order valence-electron chi connectivity index (χ3n) is 5.07. The van der Waals surface area contributed by atoms with Crippen LogP contribution >= 0.6 is 12.4 Å². The number of hydrogen-bond acceptors (Lipinski definition) is 3. The molecule has 154 valence electrons. The van der Waals surface area contributed by atoms with E-state index in [1.807, 2.05) is 6.92 Å². The van der Waals surface area contributed by atoms with Gasteiger partial charge in [-0.25, -0.2) is 0 Å². The SMILES string of the molecule is COCC1(CNC(=O)CC(C)c2ccc(C(F)(F)F)cc2)CCNCC1.Cl. The first kappa shape index (κ1) is 23.7. The van der Waals surface area contributed by atoms with Crippen LogP contribution in [0.3, 0.4) is 0 Å². The molecule has 1 aliphatic heterocycles. The van der Waals surface area contributed by atoms with Crippen molar-refractivity contribution in [2.24, 2.45) is 5.41 Å². The Kier molecular flexibility index (Phi) is 9.05. The standard InChI is InChI=1S/C19H27F3N2O2.ClH/c1-14(15-3-5-16(6-4-15)19(20,21)22)11-17(25)24-12-18(13-26-2)7-9-23-10-8-18;/h3-6,14,23H,7-13H2,1-2H3,(H,24,25);1H. The Morgan fingerprint density at radius 2 is 1.85 bits per heavy atom. The van der Waals surface area contributed by atoms with Crippen molar-refractivity contribution in [2.45, 2.75) is 38.3 Å². The van der Waals surface area contributed by atoms with Gasteiger partial charge in [0.15, 0.2) is 0 Å². The van der Waals surface area contributed by atoms with Crippen LogP contribution in [0.5, 0.6) is 0 Å². The van der Waals surface area contributed by atoms with Crippen molar-refractivity contribution in [3.63, 3.8) is 0 Å². The fourth-order valence-corrected chi connectivity index (χ4v) is 3.39. The van der Waals surface area contributed by atoms with Crippen LogP contribution in [-0.2, 0) is 15.7 Å². The molecule has 0 radical (unpaired) electrons. The maximum atomic E-state index is 12.6. The maximum absolute atomic E-state index is 12.6. The summed E-state index contributed by atoms with van der Waals surface area (Å²) in [5.74, 6) is -0.241. The average Bonchev–Trinajstić information content (AvgIpc) is 2.60. The van der Waals surface area contributed by atoms with E-state index in [1.165, 1.54) is 12.1 Å². The molecule has 0 spiro atoms. The highest BCUT2D eigenvalue weighted by Gasteiger charge is 2.33. The molecule has 2 rings (SSSR count). The molecule has 27 heavy (non-hydrogen) atoms. The minimum atomic E-state index is -4.34. The van der Waals surface area contributed by atoms with Gasteiger partial charge in [0, 0.05) is 25.5 Å². The van der Waals surface area contributed by atoms with E-state index in [0.29, 0.717) is 13.2 Å². The molecular weight excluding hydrogens is 381 g/mol. The van der Waals surface area contributed by atoms with Gasteiger partial charge in [0.05, 0.1) is 12.2 Å². The smallest absolute Gasteiger partial charge is 0.384 e. The van der Waals surface area contributed by atoms with Gasteiger partial charge in [-0.1, -0.05) is 19.1 Å². The highest BCUT2D eigenvalue weighted by molar-refractivity contribution is 5.85. The Morgan fingerprint density at radius 1 is 1.26 bits per heavy atom. The number of amides is 1. The average molecular weight is 409 g/mol. The molecule has 0 aromatic heterocycles. The number of piperidine rings is 1. The highest BCUT2D eigenvalue weighted by Crippen LogP contribution is 2.31. The normalized spacial score (nSPS) is 17.7. The third-order valence-corrected chi connectivity index (χ3v) is 5.07. The van der Waals surface area contributed by atoms with Gasteiger partial charge in [0.1, 0.15) is 0 Å². The molecule has 8 heteroatoms. The monoisotopic (exact) mass is 408 g/mol. The second-order valence-corrected chi connectivity index (χ2v) is 7.18. The first-order chi connectivity index (χ1) is 12.3. The first-order valence-electron chi connectivity index (χ1n) is 8.89. The lowest BCUT2D eigenvalue weighted by Crippen LogP contribution is -2.47. The fourth-order valence-electron chi connectivity index (χ4n) is 3.39. The molecule has 0 saturated carbocycles. The van der Waals surface area contributed by atoms with E-state index in [4.69, 9.17) is 4.74 Å². The lowest BCUT2D eigenvalue weighted by molar-refractivity contribution is -0.137. The zero-order valence-corrected chi connectivity index (χ0v) is 16.5. The number of benzene rings is 1. The molecule has 1 atom stereocenters. The first-order valence-corrected chi connectivity index (χ1v) is 8.89. The van der Waals surface area contributed by atoms with E-state index in [2.05, 4.69) is 10.6 Å². The number of alkyl halides is 3. The van der Waals surface area contributed by atoms with Crippen molar-refractivity contribution in [1.29, 1.82) is 0 Å². The molecule has 1 unspecified atom stereocenters. The third kappa shape index (κ3) is 6.97. The number of ether oxygens (including phenoxy) is 1. The molecule has 1 fully saturated rings. The highest BCUT2D eigenvalue weighted by atomic mass is 35.5. The summed E-state index contributed by atoms with van der Waals surface area (Å²) < 4.78 is 43.2. The van der Waals surface area contributed by atoms with Crippen molar-refractivity contribution < 1.29 is 22.7 Å². The molecule has 2 N–H and O–H groups in total. The van der Waals surface area contributed by atoms with Gasteiger partial charge in [-0.15, -0.1) is 12.4 Å². The molecule has 0 aliphatic carbocycles. The van der Waals surface area contributed by atoms with E-state index in [1.54, 1.807) is 7.11 Å². The fraction of sp³-hybridized carbons (Fsp3) is 0.632. The Balaban J connectivity index is 0.00000364. The van der Waals surface area contributed by atoms with E-state index in [0.717, 1.165) is 43.6 Å². The van der Waals surface area contributed by atoms with Crippen molar-refractivity contribution in [3.8, 4) is 0 Å². The second kappa shape index (κ2) is 10.3. The summed E-state index contributed by atoms with van der Waals surface area (Å²) in [6.45, 7) is 4.81. The van der Waals surface area contributed by atoms with E-state index in [9.17, 15) is 18.0 Å². The summed E-state index contributed by atoms with van der Waals surface area (Å²) >= 11 is 0. The number of halogens is 4. The van der Waals surface area contributed by atoms with Gasteiger partial charge in [0.2, 0.25) is 5.91 Å². The number of nitrogens with one attached hydrogen (secondary N) is 2. The molecular formula is C19H28ClF3N2O2.